The lowest BCUT2D eigenvalue weighted by molar-refractivity contribution is 0.232. The highest BCUT2D eigenvalue weighted by molar-refractivity contribution is 5.20. The first-order valence-corrected chi connectivity index (χ1v) is 6.85. The monoisotopic (exact) mass is 273 g/mol. The summed E-state index contributed by atoms with van der Waals surface area (Å²) in [7, 11) is 0. The van der Waals surface area contributed by atoms with E-state index in [0.29, 0.717) is 0 Å². The van der Waals surface area contributed by atoms with Crippen molar-refractivity contribution in [2.24, 2.45) is 0 Å². The van der Waals surface area contributed by atoms with Crippen molar-refractivity contribution in [2.75, 3.05) is 6.61 Å². The summed E-state index contributed by atoms with van der Waals surface area (Å²) in [5, 5.41) is 12.8. The summed E-state index contributed by atoms with van der Waals surface area (Å²) in [6.07, 6.45) is 0.747. The van der Waals surface area contributed by atoms with Gasteiger partial charge in [0.05, 0.1) is 6.61 Å². The van der Waals surface area contributed by atoms with Crippen LogP contribution in [0.15, 0.2) is 54.6 Å². The number of aliphatic hydroxyl groups is 1. The molecule has 1 unspecified atom stereocenters. The normalized spacial score (nSPS) is 13.9. The van der Waals surface area contributed by atoms with E-state index in [1.807, 2.05) is 43.3 Å². The molecule has 0 heterocycles. The zero-order valence-electron chi connectivity index (χ0n) is 11.6. The van der Waals surface area contributed by atoms with Crippen LogP contribution in [0.5, 0.6) is 0 Å². The maximum atomic E-state index is 13.2. The SMILES string of the molecule is CC(N[C@@H](CO)Cc1ccccc1)c1cccc(F)c1. The van der Waals surface area contributed by atoms with E-state index in [2.05, 4.69) is 5.32 Å². The van der Waals surface area contributed by atoms with Gasteiger partial charge in [-0.3, -0.25) is 0 Å². The predicted octanol–water partition coefficient (Wildman–Crippen LogP) is 3.08. The minimum absolute atomic E-state index is 0.00781. The third-order valence-corrected chi connectivity index (χ3v) is 3.38. The molecular weight excluding hydrogens is 253 g/mol. The standard InChI is InChI=1S/C17H20FNO/c1-13(15-8-5-9-16(18)11-15)19-17(12-20)10-14-6-3-2-4-7-14/h2-9,11,13,17,19-20H,10,12H2,1H3/t13?,17-/m1/s1. The van der Waals surface area contributed by atoms with Crippen LogP contribution >= 0.6 is 0 Å². The lowest BCUT2D eigenvalue weighted by Crippen LogP contribution is -2.36. The molecule has 0 bridgehead atoms. The molecule has 0 radical (unpaired) electrons. The van der Waals surface area contributed by atoms with Crippen molar-refractivity contribution in [3.63, 3.8) is 0 Å². The van der Waals surface area contributed by atoms with Crippen LogP contribution in [-0.2, 0) is 6.42 Å². The van der Waals surface area contributed by atoms with Crippen molar-refractivity contribution in [3.8, 4) is 0 Å². The molecule has 2 atom stereocenters. The van der Waals surface area contributed by atoms with Crippen LogP contribution in [0.4, 0.5) is 4.39 Å². The summed E-state index contributed by atoms with van der Waals surface area (Å²) in [4.78, 5) is 0. The highest BCUT2D eigenvalue weighted by Crippen LogP contribution is 2.15. The Morgan fingerprint density at radius 2 is 1.85 bits per heavy atom. The van der Waals surface area contributed by atoms with Crippen molar-refractivity contribution >= 4 is 0 Å². The van der Waals surface area contributed by atoms with Gasteiger partial charge in [0, 0.05) is 12.1 Å². The van der Waals surface area contributed by atoms with Crippen LogP contribution in [-0.4, -0.2) is 17.8 Å². The molecule has 0 saturated heterocycles. The fourth-order valence-electron chi connectivity index (χ4n) is 2.30. The molecule has 106 valence electrons. The molecule has 2 N–H and O–H groups in total. The first kappa shape index (κ1) is 14.7. The third-order valence-electron chi connectivity index (χ3n) is 3.38. The van der Waals surface area contributed by atoms with Gasteiger partial charge in [-0.05, 0) is 36.6 Å². The molecule has 3 heteroatoms. The van der Waals surface area contributed by atoms with Gasteiger partial charge in [-0.15, -0.1) is 0 Å². The van der Waals surface area contributed by atoms with E-state index in [1.165, 1.54) is 17.7 Å². The molecule has 2 aromatic rings. The Balaban J connectivity index is 1.99. The molecule has 0 aromatic heterocycles. The maximum Gasteiger partial charge on any atom is 0.123 e. The summed E-state index contributed by atoms with van der Waals surface area (Å²) in [6, 6.07) is 16.5. The number of hydrogen-bond donors (Lipinski definition) is 2. The Bertz CT molecular complexity index is 530. The van der Waals surface area contributed by atoms with Crippen LogP contribution in [0.2, 0.25) is 0 Å². The maximum absolute atomic E-state index is 13.2. The molecule has 20 heavy (non-hydrogen) atoms. The van der Waals surface area contributed by atoms with Crippen LogP contribution in [0.25, 0.3) is 0 Å². The second-order valence-corrected chi connectivity index (χ2v) is 5.01. The smallest absolute Gasteiger partial charge is 0.123 e. The van der Waals surface area contributed by atoms with Crippen molar-refractivity contribution in [3.05, 3.63) is 71.5 Å². The molecule has 0 saturated carbocycles. The fourth-order valence-corrected chi connectivity index (χ4v) is 2.30. The van der Waals surface area contributed by atoms with Crippen molar-refractivity contribution in [2.45, 2.75) is 25.4 Å². The Hall–Kier alpha value is -1.71. The van der Waals surface area contributed by atoms with E-state index < -0.39 is 0 Å². The first-order valence-electron chi connectivity index (χ1n) is 6.85. The van der Waals surface area contributed by atoms with Crippen molar-refractivity contribution < 1.29 is 9.50 Å². The van der Waals surface area contributed by atoms with Gasteiger partial charge in [0.1, 0.15) is 5.82 Å². The van der Waals surface area contributed by atoms with Gasteiger partial charge in [0.2, 0.25) is 0 Å². The topological polar surface area (TPSA) is 32.3 Å². The number of aliphatic hydroxyl groups excluding tert-OH is 1. The number of rotatable bonds is 6. The van der Waals surface area contributed by atoms with Gasteiger partial charge < -0.3 is 10.4 Å². The summed E-state index contributed by atoms with van der Waals surface area (Å²) in [5.74, 6) is -0.236. The van der Waals surface area contributed by atoms with Gasteiger partial charge in [0.15, 0.2) is 0 Å². The van der Waals surface area contributed by atoms with E-state index in [4.69, 9.17) is 0 Å². The lowest BCUT2D eigenvalue weighted by Gasteiger charge is -2.22. The first-order chi connectivity index (χ1) is 9.69. The van der Waals surface area contributed by atoms with Crippen LogP contribution in [0.3, 0.4) is 0 Å². The molecule has 2 nitrogen and oxygen atoms in total. The van der Waals surface area contributed by atoms with Crippen LogP contribution in [0.1, 0.15) is 24.1 Å². The zero-order valence-corrected chi connectivity index (χ0v) is 11.6. The van der Waals surface area contributed by atoms with E-state index >= 15 is 0 Å². The quantitative estimate of drug-likeness (QED) is 0.847. The molecule has 0 aliphatic rings. The zero-order chi connectivity index (χ0) is 14.4. The minimum Gasteiger partial charge on any atom is -0.395 e. The molecule has 0 aliphatic heterocycles. The van der Waals surface area contributed by atoms with Gasteiger partial charge in [-0.2, -0.15) is 0 Å². The van der Waals surface area contributed by atoms with Crippen molar-refractivity contribution in [1.29, 1.82) is 0 Å². The molecular formula is C17H20FNO. The second-order valence-electron chi connectivity index (χ2n) is 5.01. The number of hydrogen-bond acceptors (Lipinski definition) is 2. The largest absolute Gasteiger partial charge is 0.395 e. The Kier molecular flexibility index (Phi) is 5.27. The number of benzene rings is 2. The fraction of sp³-hybridized carbons (Fsp3) is 0.294. The van der Waals surface area contributed by atoms with E-state index in [0.717, 1.165) is 12.0 Å². The molecule has 0 aliphatic carbocycles. The highest BCUT2D eigenvalue weighted by atomic mass is 19.1. The summed E-state index contributed by atoms with van der Waals surface area (Å²) in [6.45, 7) is 2.02. The minimum atomic E-state index is -0.236. The van der Waals surface area contributed by atoms with E-state index in [-0.39, 0.29) is 24.5 Å². The number of nitrogens with one attached hydrogen (secondary N) is 1. The van der Waals surface area contributed by atoms with Crippen molar-refractivity contribution in [1.82, 2.24) is 5.32 Å². The average Bonchev–Trinajstić information content (AvgIpc) is 2.47. The molecule has 0 spiro atoms. The number of halogens is 1. The second kappa shape index (κ2) is 7.17. The molecule has 0 amide bonds. The Labute approximate surface area is 119 Å². The van der Waals surface area contributed by atoms with Gasteiger partial charge in [-0.1, -0.05) is 42.5 Å². The summed E-state index contributed by atoms with van der Waals surface area (Å²) < 4.78 is 13.2. The average molecular weight is 273 g/mol. The molecule has 2 aromatic carbocycles. The summed E-state index contributed by atoms with van der Waals surface area (Å²) >= 11 is 0. The molecule has 2 rings (SSSR count). The van der Waals surface area contributed by atoms with E-state index in [1.54, 1.807) is 6.07 Å². The predicted molar refractivity (Wildman–Crippen MR) is 79.0 cm³/mol. The van der Waals surface area contributed by atoms with Crippen LogP contribution in [0, 0.1) is 5.82 Å². The van der Waals surface area contributed by atoms with Gasteiger partial charge in [-0.25, -0.2) is 4.39 Å². The lowest BCUT2D eigenvalue weighted by atomic mass is 10.0. The Morgan fingerprint density at radius 3 is 2.50 bits per heavy atom. The third kappa shape index (κ3) is 4.15. The van der Waals surface area contributed by atoms with E-state index in [9.17, 15) is 9.50 Å². The summed E-state index contributed by atoms with van der Waals surface area (Å²) in [5.41, 5.74) is 2.06. The van der Waals surface area contributed by atoms with Gasteiger partial charge in [0.25, 0.3) is 0 Å². The molecule has 0 fully saturated rings. The van der Waals surface area contributed by atoms with Gasteiger partial charge >= 0.3 is 0 Å². The highest BCUT2D eigenvalue weighted by Gasteiger charge is 2.13. The van der Waals surface area contributed by atoms with Crippen LogP contribution < -0.4 is 5.32 Å². The Morgan fingerprint density at radius 1 is 1.10 bits per heavy atom.